The summed E-state index contributed by atoms with van der Waals surface area (Å²) >= 11 is 0. The van der Waals surface area contributed by atoms with Gasteiger partial charge in [-0.1, -0.05) is 0 Å². The van der Waals surface area contributed by atoms with E-state index in [1.807, 2.05) is 0 Å². The van der Waals surface area contributed by atoms with E-state index in [-0.39, 0.29) is 6.61 Å². The van der Waals surface area contributed by atoms with Gasteiger partial charge < -0.3 is 9.47 Å². The van der Waals surface area contributed by atoms with Crippen molar-refractivity contribution < 1.29 is 40.0 Å². The van der Waals surface area contributed by atoms with Gasteiger partial charge in [0.15, 0.2) is 6.10 Å². The van der Waals surface area contributed by atoms with E-state index in [0.29, 0.717) is 0 Å². The lowest BCUT2D eigenvalue weighted by Gasteiger charge is -2.16. The Labute approximate surface area is 95.8 Å². The Balaban J connectivity index is 4.81. The maximum Gasteiger partial charge on any atom is 0.523 e. The van der Waals surface area contributed by atoms with E-state index in [2.05, 4.69) is 13.7 Å². The zero-order chi connectivity index (χ0) is 13.7. The molecule has 0 bridgehead atoms. The largest absolute Gasteiger partial charge is 0.523 e. The van der Waals surface area contributed by atoms with Crippen molar-refractivity contribution in [1.29, 1.82) is 0 Å². The number of ether oxygens (including phenoxy) is 2. The van der Waals surface area contributed by atoms with Crippen molar-refractivity contribution in [3.8, 4) is 0 Å². The van der Waals surface area contributed by atoms with Crippen LogP contribution in [0.4, 0.5) is 13.2 Å². The Morgan fingerprint density at radius 3 is 2.24 bits per heavy atom. The lowest BCUT2D eigenvalue weighted by atomic mass is 10.4. The molecule has 0 aliphatic rings. The van der Waals surface area contributed by atoms with Crippen LogP contribution in [0.1, 0.15) is 6.92 Å². The summed E-state index contributed by atoms with van der Waals surface area (Å²) in [5, 5.41) is 0. The van der Waals surface area contributed by atoms with E-state index >= 15 is 0 Å². The highest BCUT2D eigenvalue weighted by atomic mass is 32.2. The summed E-state index contributed by atoms with van der Waals surface area (Å²) in [6.07, 6.45) is -1.98. The molecule has 0 spiro atoms. The van der Waals surface area contributed by atoms with Crippen LogP contribution in [0, 0.1) is 0 Å². The summed E-state index contributed by atoms with van der Waals surface area (Å²) in [4.78, 5) is 11.0. The molecule has 6 nitrogen and oxygen atoms in total. The molecule has 0 heterocycles. The van der Waals surface area contributed by atoms with Crippen LogP contribution in [-0.2, 0) is 28.6 Å². The fraction of sp³-hybridized carbons (Fsp3) is 0.857. The molecule has 10 heteroatoms. The van der Waals surface area contributed by atoms with Crippen LogP contribution in [0.25, 0.3) is 0 Å². The molecule has 0 aromatic carbocycles. The summed E-state index contributed by atoms with van der Waals surface area (Å²) in [7, 11) is -4.98. The number of rotatable bonds is 6. The molecule has 0 fully saturated rings. The molecular formula is C7H11F3O6S. The van der Waals surface area contributed by atoms with Crippen LogP contribution < -0.4 is 0 Å². The molecule has 0 aromatic heterocycles. The molecular weight excluding hydrogens is 269 g/mol. The first kappa shape index (κ1) is 16.1. The lowest BCUT2D eigenvalue weighted by Crippen LogP contribution is -2.37. The maximum atomic E-state index is 12.0. The van der Waals surface area contributed by atoms with Crippen LogP contribution in [0.2, 0.25) is 0 Å². The first-order valence-corrected chi connectivity index (χ1v) is 5.71. The molecule has 0 amide bonds. The number of carbonyl (C=O) groups is 1. The van der Waals surface area contributed by atoms with Gasteiger partial charge in [0.25, 0.3) is 0 Å². The molecule has 0 unspecified atom stereocenters. The standard InChI is InChI=1S/C7H11F3O6S/c1-3-15-4-5(6(11)14-2)16-17(12,13)7(8,9)10/h5H,3-4H2,1-2H3/t5-/m0/s1. The average molecular weight is 280 g/mol. The molecule has 0 N–H and O–H groups in total. The Hall–Kier alpha value is -0.870. The number of carbonyl (C=O) groups excluding carboxylic acids is 1. The highest BCUT2D eigenvalue weighted by Gasteiger charge is 2.49. The van der Waals surface area contributed by atoms with E-state index in [1.165, 1.54) is 6.92 Å². The van der Waals surface area contributed by atoms with Gasteiger partial charge in [0, 0.05) is 6.61 Å². The van der Waals surface area contributed by atoms with Crippen molar-refractivity contribution in [3.05, 3.63) is 0 Å². The van der Waals surface area contributed by atoms with Crippen LogP contribution in [0.5, 0.6) is 0 Å². The number of esters is 1. The smallest absolute Gasteiger partial charge is 0.467 e. The molecule has 0 aliphatic carbocycles. The highest BCUT2D eigenvalue weighted by Crippen LogP contribution is 2.25. The van der Waals surface area contributed by atoms with E-state index in [1.54, 1.807) is 0 Å². The van der Waals surface area contributed by atoms with Gasteiger partial charge in [-0.3, -0.25) is 0 Å². The molecule has 17 heavy (non-hydrogen) atoms. The first-order chi connectivity index (χ1) is 7.65. The minimum atomic E-state index is -5.86. The van der Waals surface area contributed by atoms with Crippen molar-refractivity contribution in [2.24, 2.45) is 0 Å². The van der Waals surface area contributed by atoms with Crippen LogP contribution in [-0.4, -0.2) is 46.3 Å². The summed E-state index contributed by atoms with van der Waals surface area (Å²) in [5.74, 6) is -1.27. The summed E-state index contributed by atoms with van der Waals surface area (Å²) in [5.41, 5.74) is -5.61. The van der Waals surface area contributed by atoms with Crippen molar-refractivity contribution in [1.82, 2.24) is 0 Å². The van der Waals surface area contributed by atoms with E-state index in [0.717, 1.165) is 7.11 Å². The normalized spacial score (nSPS) is 14.4. The van der Waals surface area contributed by atoms with Crippen molar-refractivity contribution >= 4 is 16.1 Å². The van der Waals surface area contributed by atoms with Gasteiger partial charge in [-0.15, -0.1) is 0 Å². The third-order valence-electron chi connectivity index (χ3n) is 1.46. The highest BCUT2D eigenvalue weighted by molar-refractivity contribution is 7.87. The van der Waals surface area contributed by atoms with E-state index < -0.39 is 34.3 Å². The van der Waals surface area contributed by atoms with Gasteiger partial charge in [0.1, 0.15) is 0 Å². The second-order valence-corrected chi connectivity index (χ2v) is 4.23. The number of methoxy groups -OCH3 is 1. The maximum absolute atomic E-state index is 12.0. The van der Waals surface area contributed by atoms with Gasteiger partial charge in [-0.2, -0.15) is 21.6 Å². The monoisotopic (exact) mass is 280 g/mol. The lowest BCUT2D eigenvalue weighted by molar-refractivity contribution is -0.152. The minimum Gasteiger partial charge on any atom is -0.467 e. The minimum absolute atomic E-state index is 0.0723. The third kappa shape index (κ3) is 4.88. The summed E-state index contributed by atoms with van der Waals surface area (Å²) in [6, 6.07) is 0. The van der Waals surface area contributed by atoms with Gasteiger partial charge in [0.05, 0.1) is 13.7 Å². The molecule has 1 atom stereocenters. The fourth-order valence-electron chi connectivity index (χ4n) is 0.699. The van der Waals surface area contributed by atoms with Crippen LogP contribution in [0.3, 0.4) is 0 Å². The predicted molar refractivity (Wildman–Crippen MR) is 48.4 cm³/mol. The second-order valence-electron chi connectivity index (χ2n) is 2.67. The zero-order valence-electron chi connectivity index (χ0n) is 8.98. The van der Waals surface area contributed by atoms with Gasteiger partial charge in [-0.25, -0.2) is 8.98 Å². The molecule has 0 rings (SSSR count). The van der Waals surface area contributed by atoms with E-state index in [9.17, 15) is 26.4 Å². The fourth-order valence-corrected chi connectivity index (χ4v) is 1.25. The number of alkyl halides is 3. The average Bonchev–Trinajstić information content (AvgIpc) is 2.21. The summed E-state index contributed by atoms with van der Waals surface area (Å²) in [6.45, 7) is 0.925. The third-order valence-corrected chi connectivity index (χ3v) is 2.52. The molecule has 0 saturated carbocycles. The molecule has 0 radical (unpaired) electrons. The van der Waals surface area contributed by atoms with Gasteiger partial charge in [-0.05, 0) is 6.92 Å². The van der Waals surface area contributed by atoms with Crippen LogP contribution >= 0.6 is 0 Å². The van der Waals surface area contributed by atoms with E-state index in [4.69, 9.17) is 0 Å². The van der Waals surface area contributed by atoms with Crippen molar-refractivity contribution in [3.63, 3.8) is 0 Å². The molecule has 0 saturated heterocycles. The Kier molecular flexibility index (Phi) is 5.85. The Bertz CT molecular complexity index is 349. The number of hydrogen-bond donors (Lipinski definition) is 0. The van der Waals surface area contributed by atoms with Gasteiger partial charge >= 0.3 is 21.6 Å². The predicted octanol–water partition coefficient (Wildman–Crippen LogP) is 0.431. The SMILES string of the molecule is CCOC[C@H](OS(=O)(=O)C(F)(F)F)C(=O)OC. The Morgan fingerprint density at radius 2 is 1.88 bits per heavy atom. The summed E-state index contributed by atoms with van der Waals surface area (Å²) < 4.78 is 69.6. The first-order valence-electron chi connectivity index (χ1n) is 4.30. The van der Waals surface area contributed by atoms with Crippen LogP contribution in [0.15, 0.2) is 0 Å². The molecule has 102 valence electrons. The quantitative estimate of drug-likeness (QED) is 0.399. The molecule has 0 aliphatic heterocycles. The van der Waals surface area contributed by atoms with Crippen molar-refractivity contribution in [2.75, 3.05) is 20.3 Å². The number of hydrogen-bond acceptors (Lipinski definition) is 6. The topological polar surface area (TPSA) is 78.9 Å². The number of halogens is 3. The van der Waals surface area contributed by atoms with Crippen molar-refractivity contribution in [2.45, 2.75) is 18.5 Å². The zero-order valence-corrected chi connectivity index (χ0v) is 9.80. The Morgan fingerprint density at radius 1 is 1.35 bits per heavy atom. The second kappa shape index (κ2) is 6.17. The molecule has 0 aromatic rings. The van der Waals surface area contributed by atoms with Gasteiger partial charge in [0.2, 0.25) is 0 Å².